The highest BCUT2D eigenvalue weighted by molar-refractivity contribution is 7.48. The molecule has 0 rings (SSSR count). The van der Waals surface area contributed by atoms with E-state index in [9.17, 15) is 4.57 Å². The number of phosphoric ester groups is 1. The normalized spacial score (nSPS) is 13.2. The van der Waals surface area contributed by atoms with Crippen LogP contribution in [0.2, 0.25) is 0 Å². The standard InChI is InChI=1S/C6H12Cl3O4P/c1-3-11-14(10,12-4-2)13-5-6(7,8)9/h3-5H2,1-2H3. The second-order valence-electron chi connectivity index (χ2n) is 2.17. The molecule has 8 heteroatoms. The first-order valence-electron chi connectivity index (χ1n) is 3.93. The molecular weight excluding hydrogens is 273 g/mol. The molecule has 0 saturated carbocycles. The first-order chi connectivity index (χ1) is 6.33. The molecule has 0 aromatic heterocycles. The Bertz CT molecular complexity index is 196. The fraction of sp³-hybridized carbons (Fsp3) is 1.00. The second-order valence-corrected chi connectivity index (χ2v) is 6.36. The van der Waals surface area contributed by atoms with E-state index >= 15 is 0 Å². The van der Waals surface area contributed by atoms with Gasteiger partial charge in [-0.1, -0.05) is 34.8 Å². The summed E-state index contributed by atoms with van der Waals surface area (Å²) in [5, 5.41) is 0. The zero-order valence-corrected chi connectivity index (χ0v) is 11.0. The molecule has 0 aliphatic carbocycles. The van der Waals surface area contributed by atoms with Gasteiger partial charge in [-0.3, -0.25) is 13.6 Å². The average Bonchev–Trinajstić information content (AvgIpc) is 2.01. The molecule has 0 radical (unpaired) electrons. The first kappa shape index (κ1) is 15.0. The SMILES string of the molecule is CCOP(=O)(OCC)OCC(Cl)(Cl)Cl. The van der Waals surface area contributed by atoms with Crippen molar-refractivity contribution in [2.45, 2.75) is 17.6 Å². The molecule has 0 aliphatic heterocycles. The fourth-order valence-electron chi connectivity index (χ4n) is 0.580. The summed E-state index contributed by atoms with van der Waals surface area (Å²) in [6.45, 7) is 3.35. The summed E-state index contributed by atoms with van der Waals surface area (Å²) in [6, 6.07) is 0. The maximum absolute atomic E-state index is 11.6. The lowest BCUT2D eigenvalue weighted by Crippen LogP contribution is -2.13. The average molecular weight is 285 g/mol. The summed E-state index contributed by atoms with van der Waals surface area (Å²) in [5.74, 6) is 0. The van der Waals surface area contributed by atoms with Gasteiger partial charge < -0.3 is 0 Å². The van der Waals surface area contributed by atoms with Gasteiger partial charge in [0.2, 0.25) is 3.79 Å². The Balaban J connectivity index is 4.16. The van der Waals surface area contributed by atoms with E-state index in [0.717, 1.165) is 0 Å². The van der Waals surface area contributed by atoms with Gasteiger partial charge in [0.1, 0.15) is 6.61 Å². The van der Waals surface area contributed by atoms with E-state index in [1.54, 1.807) is 13.8 Å². The zero-order chi connectivity index (χ0) is 11.2. The Kier molecular flexibility index (Phi) is 7.00. The minimum absolute atomic E-state index is 0.192. The first-order valence-corrected chi connectivity index (χ1v) is 6.53. The monoisotopic (exact) mass is 284 g/mol. The molecule has 0 aromatic rings. The maximum atomic E-state index is 11.6. The minimum atomic E-state index is -3.57. The van der Waals surface area contributed by atoms with E-state index in [4.69, 9.17) is 48.4 Å². The molecule has 0 aliphatic rings. The second kappa shape index (κ2) is 6.54. The van der Waals surface area contributed by atoms with Crippen LogP contribution in [-0.4, -0.2) is 23.6 Å². The molecule has 86 valence electrons. The van der Waals surface area contributed by atoms with Gasteiger partial charge in [0.15, 0.2) is 0 Å². The third-order valence-corrected chi connectivity index (χ3v) is 2.88. The topological polar surface area (TPSA) is 44.8 Å². The number of halogens is 3. The molecule has 0 spiro atoms. The van der Waals surface area contributed by atoms with Crippen LogP contribution in [0.5, 0.6) is 0 Å². The largest absolute Gasteiger partial charge is 0.474 e. The van der Waals surface area contributed by atoms with Crippen molar-refractivity contribution in [3.05, 3.63) is 0 Å². The molecule has 0 unspecified atom stereocenters. The molecule has 0 bridgehead atoms. The molecule has 0 N–H and O–H groups in total. The van der Waals surface area contributed by atoms with Gasteiger partial charge in [0, 0.05) is 0 Å². The van der Waals surface area contributed by atoms with Crippen LogP contribution >= 0.6 is 42.6 Å². The third-order valence-electron chi connectivity index (χ3n) is 0.961. The fourth-order valence-corrected chi connectivity index (χ4v) is 2.18. The maximum Gasteiger partial charge on any atom is 0.474 e. The molecule has 0 atom stereocenters. The third kappa shape index (κ3) is 7.30. The molecule has 14 heavy (non-hydrogen) atoms. The van der Waals surface area contributed by atoms with Crippen molar-refractivity contribution in [3.8, 4) is 0 Å². The van der Waals surface area contributed by atoms with Crippen molar-refractivity contribution in [1.29, 1.82) is 0 Å². The Hall–Kier alpha value is 0.980. The van der Waals surface area contributed by atoms with Crippen molar-refractivity contribution in [2.75, 3.05) is 19.8 Å². The van der Waals surface area contributed by atoms with Crippen LogP contribution in [0.1, 0.15) is 13.8 Å². The van der Waals surface area contributed by atoms with Crippen molar-refractivity contribution in [3.63, 3.8) is 0 Å². The van der Waals surface area contributed by atoms with Crippen molar-refractivity contribution in [2.24, 2.45) is 0 Å². The molecular formula is C6H12Cl3O4P. The zero-order valence-electron chi connectivity index (χ0n) is 7.84. The number of hydrogen-bond acceptors (Lipinski definition) is 4. The van der Waals surface area contributed by atoms with Gasteiger partial charge >= 0.3 is 7.82 Å². The van der Waals surface area contributed by atoms with Crippen LogP contribution in [0.4, 0.5) is 0 Å². The molecule has 0 saturated heterocycles. The van der Waals surface area contributed by atoms with Crippen molar-refractivity contribution in [1.82, 2.24) is 0 Å². The van der Waals surface area contributed by atoms with E-state index in [2.05, 4.69) is 0 Å². The van der Waals surface area contributed by atoms with E-state index in [1.165, 1.54) is 0 Å². The lowest BCUT2D eigenvalue weighted by molar-refractivity contribution is 0.123. The van der Waals surface area contributed by atoms with Gasteiger partial charge in [-0.05, 0) is 13.8 Å². The summed E-state index contributed by atoms with van der Waals surface area (Å²) in [7, 11) is -3.57. The summed E-state index contributed by atoms with van der Waals surface area (Å²) in [6.07, 6.45) is 0. The Labute approximate surface area is 98.4 Å². The van der Waals surface area contributed by atoms with E-state index < -0.39 is 11.6 Å². The van der Waals surface area contributed by atoms with Crippen LogP contribution < -0.4 is 0 Å². The van der Waals surface area contributed by atoms with E-state index in [1.807, 2.05) is 0 Å². The Morgan fingerprint density at radius 3 is 1.79 bits per heavy atom. The van der Waals surface area contributed by atoms with Gasteiger partial charge in [0.25, 0.3) is 0 Å². The van der Waals surface area contributed by atoms with Crippen LogP contribution in [-0.2, 0) is 18.1 Å². The highest BCUT2D eigenvalue weighted by atomic mass is 35.6. The molecule has 0 aromatic carbocycles. The van der Waals surface area contributed by atoms with Crippen LogP contribution in [0.3, 0.4) is 0 Å². The van der Waals surface area contributed by atoms with E-state index in [-0.39, 0.29) is 19.8 Å². The van der Waals surface area contributed by atoms with Crippen LogP contribution in [0.15, 0.2) is 0 Å². The predicted octanol–water partition coefficient (Wildman–Crippen LogP) is 3.55. The summed E-state index contributed by atoms with van der Waals surface area (Å²) < 4.78 is 24.4. The van der Waals surface area contributed by atoms with Gasteiger partial charge in [-0.25, -0.2) is 4.57 Å². The number of phosphoric acid groups is 1. The summed E-state index contributed by atoms with van der Waals surface area (Å²) in [5.41, 5.74) is 0. The number of alkyl halides is 3. The van der Waals surface area contributed by atoms with Gasteiger partial charge in [-0.2, -0.15) is 0 Å². The Morgan fingerprint density at radius 2 is 1.50 bits per heavy atom. The smallest absolute Gasteiger partial charge is 0.287 e. The molecule has 0 heterocycles. The highest BCUT2D eigenvalue weighted by Gasteiger charge is 2.31. The highest BCUT2D eigenvalue weighted by Crippen LogP contribution is 2.50. The molecule has 0 amide bonds. The van der Waals surface area contributed by atoms with Crippen LogP contribution in [0, 0.1) is 0 Å². The van der Waals surface area contributed by atoms with Crippen molar-refractivity contribution >= 4 is 42.6 Å². The Morgan fingerprint density at radius 1 is 1.07 bits per heavy atom. The lowest BCUT2D eigenvalue weighted by atomic mass is 10.9. The van der Waals surface area contributed by atoms with Crippen molar-refractivity contribution < 1.29 is 18.1 Å². The lowest BCUT2D eigenvalue weighted by Gasteiger charge is -2.18. The molecule has 4 nitrogen and oxygen atoms in total. The number of rotatable bonds is 6. The summed E-state index contributed by atoms with van der Waals surface area (Å²) in [4.78, 5) is 0. The van der Waals surface area contributed by atoms with E-state index in [0.29, 0.717) is 0 Å². The van der Waals surface area contributed by atoms with Crippen LogP contribution in [0.25, 0.3) is 0 Å². The number of hydrogen-bond donors (Lipinski definition) is 0. The minimum Gasteiger partial charge on any atom is -0.287 e. The predicted molar refractivity (Wildman–Crippen MR) is 57.1 cm³/mol. The van der Waals surface area contributed by atoms with Gasteiger partial charge in [-0.15, -0.1) is 0 Å². The van der Waals surface area contributed by atoms with Gasteiger partial charge in [0.05, 0.1) is 13.2 Å². The quantitative estimate of drug-likeness (QED) is 0.553. The molecule has 0 fully saturated rings. The summed E-state index contributed by atoms with van der Waals surface area (Å²) >= 11 is 16.2.